The first-order valence-electron chi connectivity index (χ1n) is 5.84. The Morgan fingerprint density at radius 2 is 2.17 bits per heavy atom. The summed E-state index contributed by atoms with van der Waals surface area (Å²) in [6.45, 7) is 2.95. The fraction of sp³-hybridized carbons (Fsp3) is 0.308. The summed E-state index contributed by atoms with van der Waals surface area (Å²) in [6, 6.07) is 5.93. The lowest BCUT2D eigenvalue weighted by Gasteiger charge is -2.03. The number of hydrogen-bond acceptors (Lipinski definition) is 5. The van der Waals surface area contributed by atoms with Crippen molar-refractivity contribution in [3.05, 3.63) is 28.1 Å². The van der Waals surface area contributed by atoms with Crippen molar-refractivity contribution in [2.75, 3.05) is 13.3 Å². The average molecular weight is 262 g/mol. The third-order valence-corrected chi connectivity index (χ3v) is 3.85. The summed E-state index contributed by atoms with van der Waals surface area (Å²) in [6.07, 6.45) is 0.856. The van der Waals surface area contributed by atoms with Gasteiger partial charge in [0.05, 0.1) is 10.7 Å². The van der Waals surface area contributed by atoms with Crippen molar-refractivity contribution in [1.29, 1.82) is 0 Å². The number of ether oxygens (including phenoxy) is 2. The van der Waals surface area contributed by atoms with Crippen LogP contribution in [-0.4, -0.2) is 18.3 Å². The van der Waals surface area contributed by atoms with Gasteiger partial charge in [-0.05, 0) is 38.1 Å². The molecule has 0 aliphatic carbocycles. The molecule has 1 aliphatic rings. The van der Waals surface area contributed by atoms with Gasteiger partial charge >= 0.3 is 0 Å². The van der Waals surface area contributed by atoms with Gasteiger partial charge < -0.3 is 15.2 Å². The lowest BCUT2D eigenvalue weighted by Crippen LogP contribution is -2.02. The molecule has 5 heteroatoms. The van der Waals surface area contributed by atoms with Gasteiger partial charge in [-0.2, -0.15) is 0 Å². The van der Waals surface area contributed by atoms with Crippen LogP contribution in [0.25, 0.3) is 11.3 Å². The lowest BCUT2D eigenvalue weighted by atomic mass is 10.1. The first-order valence-corrected chi connectivity index (χ1v) is 6.66. The van der Waals surface area contributed by atoms with E-state index < -0.39 is 0 Å². The zero-order valence-electron chi connectivity index (χ0n) is 10.1. The molecule has 0 saturated carbocycles. The van der Waals surface area contributed by atoms with Gasteiger partial charge in [0.2, 0.25) is 6.79 Å². The standard InChI is InChI=1S/C13H14N2O2S/c1-8-15-13(12(18-8)4-5-14)9-2-3-10-11(6-9)17-7-16-10/h2-3,6H,4-5,7,14H2,1H3. The molecule has 0 atom stereocenters. The largest absolute Gasteiger partial charge is 0.454 e. The Bertz CT molecular complexity index is 580. The molecule has 1 aliphatic heterocycles. The van der Waals surface area contributed by atoms with Gasteiger partial charge in [-0.25, -0.2) is 4.98 Å². The van der Waals surface area contributed by atoms with Crippen LogP contribution in [0.5, 0.6) is 11.5 Å². The van der Waals surface area contributed by atoms with E-state index in [-0.39, 0.29) is 0 Å². The van der Waals surface area contributed by atoms with Gasteiger partial charge in [0.1, 0.15) is 0 Å². The van der Waals surface area contributed by atoms with E-state index in [9.17, 15) is 0 Å². The number of rotatable bonds is 3. The van der Waals surface area contributed by atoms with Crippen LogP contribution in [0, 0.1) is 6.92 Å². The van der Waals surface area contributed by atoms with Crippen LogP contribution in [0.1, 0.15) is 9.88 Å². The summed E-state index contributed by atoms with van der Waals surface area (Å²) in [5.74, 6) is 1.59. The molecule has 2 heterocycles. The maximum Gasteiger partial charge on any atom is 0.231 e. The van der Waals surface area contributed by atoms with Gasteiger partial charge in [0, 0.05) is 10.4 Å². The smallest absolute Gasteiger partial charge is 0.231 e. The van der Waals surface area contributed by atoms with E-state index in [1.165, 1.54) is 4.88 Å². The molecule has 0 unspecified atom stereocenters. The predicted octanol–water partition coefficient (Wildman–Crippen LogP) is 2.35. The van der Waals surface area contributed by atoms with Crippen molar-refractivity contribution in [1.82, 2.24) is 4.98 Å². The summed E-state index contributed by atoms with van der Waals surface area (Å²) in [5, 5.41) is 1.06. The number of benzene rings is 1. The van der Waals surface area contributed by atoms with E-state index in [0.717, 1.165) is 34.2 Å². The normalized spacial score (nSPS) is 13.0. The zero-order valence-corrected chi connectivity index (χ0v) is 10.9. The number of hydrogen-bond donors (Lipinski definition) is 1. The van der Waals surface area contributed by atoms with Crippen molar-refractivity contribution in [3.8, 4) is 22.8 Å². The Kier molecular flexibility index (Phi) is 2.93. The monoisotopic (exact) mass is 262 g/mol. The number of nitrogens with two attached hydrogens (primary N) is 1. The molecule has 3 rings (SSSR count). The summed E-state index contributed by atoms with van der Waals surface area (Å²) >= 11 is 1.70. The maximum absolute atomic E-state index is 5.64. The van der Waals surface area contributed by atoms with Gasteiger partial charge in [-0.3, -0.25) is 0 Å². The Balaban J connectivity index is 2.03. The van der Waals surface area contributed by atoms with Crippen molar-refractivity contribution in [3.63, 3.8) is 0 Å². The molecule has 1 aromatic carbocycles. The molecule has 0 spiro atoms. The summed E-state index contributed by atoms with van der Waals surface area (Å²) in [5.41, 5.74) is 7.72. The summed E-state index contributed by atoms with van der Waals surface area (Å²) in [7, 11) is 0. The van der Waals surface area contributed by atoms with Crippen LogP contribution in [0.4, 0.5) is 0 Å². The second-order valence-corrected chi connectivity index (χ2v) is 5.40. The third kappa shape index (κ3) is 1.95. The van der Waals surface area contributed by atoms with E-state index in [4.69, 9.17) is 15.2 Å². The lowest BCUT2D eigenvalue weighted by molar-refractivity contribution is 0.174. The van der Waals surface area contributed by atoms with E-state index in [0.29, 0.717) is 13.3 Å². The summed E-state index contributed by atoms with van der Waals surface area (Å²) in [4.78, 5) is 5.82. The minimum atomic E-state index is 0.296. The summed E-state index contributed by atoms with van der Waals surface area (Å²) < 4.78 is 10.7. The highest BCUT2D eigenvalue weighted by molar-refractivity contribution is 7.12. The molecule has 0 saturated heterocycles. The SMILES string of the molecule is Cc1nc(-c2ccc3c(c2)OCO3)c(CCN)s1. The average Bonchev–Trinajstić information content (AvgIpc) is 2.95. The molecule has 18 heavy (non-hydrogen) atoms. The molecule has 4 nitrogen and oxygen atoms in total. The van der Waals surface area contributed by atoms with E-state index in [1.807, 2.05) is 25.1 Å². The Morgan fingerprint density at radius 3 is 3.00 bits per heavy atom. The van der Waals surface area contributed by atoms with Crippen molar-refractivity contribution in [2.45, 2.75) is 13.3 Å². The van der Waals surface area contributed by atoms with Gasteiger partial charge in [-0.15, -0.1) is 11.3 Å². The number of nitrogens with zero attached hydrogens (tertiary/aromatic N) is 1. The number of thiazole rings is 1. The van der Waals surface area contributed by atoms with E-state index in [2.05, 4.69) is 4.98 Å². The van der Waals surface area contributed by atoms with Crippen LogP contribution in [0.15, 0.2) is 18.2 Å². The van der Waals surface area contributed by atoms with Crippen LogP contribution in [-0.2, 0) is 6.42 Å². The molecule has 1 aromatic heterocycles. The molecular formula is C13H14N2O2S. The molecule has 0 bridgehead atoms. The minimum absolute atomic E-state index is 0.296. The van der Waals surface area contributed by atoms with Crippen LogP contribution >= 0.6 is 11.3 Å². The fourth-order valence-electron chi connectivity index (χ4n) is 2.04. The second kappa shape index (κ2) is 4.59. The molecule has 0 amide bonds. The number of fused-ring (bicyclic) bond motifs is 1. The molecule has 0 fully saturated rings. The second-order valence-electron chi connectivity index (χ2n) is 4.11. The highest BCUT2D eigenvalue weighted by Gasteiger charge is 2.17. The topological polar surface area (TPSA) is 57.4 Å². The van der Waals surface area contributed by atoms with Gasteiger partial charge in [0.25, 0.3) is 0 Å². The predicted molar refractivity (Wildman–Crippen MR) is 71.2 cm³/mol. The van der Waals surface area contributed by atoms with E-state index >= 15 is 0 Å². The quantitative estimate of drug-likeness (QED) is 0.922. The Labute approximate surface area is 109 Å². The zero-order chi connectivity index (χ0) is 12.5. The first-order chi connectivity index (χ1) is 8.78. The van der Waals surface area contributed by atoms with Crippen LogP contribution in [0.3, 0.4) is 0 Å². The Morgan fingerprint density at radius 1 is 1.33 bits per heavy atom. The van der Waals surface area contributed by atoms with Gasteiger partial charge in [0.15, 0.2) is 11.5 Å². The molecule has 0 radical (unpaired) electrons. The maximum atomic E-state index is 5.64. The number of aromatic nitrogens is 1. The minimum Gasteiger partial charge on any atom is -0.454 e. The third-order valence-electron chi connectivity index (χ3n) is 2.82. The van der Waals surface area contributed by atoms with Gasteiger partial charge in [-0.1, -0.05) is 0 Å². The van der Waals surface area contributed by atoms with Crippen LogP contribution in [0.2, 0.25) is 0 Å². The Hall–Kier alpha value is -1.59. The first kappa shape index (κ1) is 11.5. The van der Waals surface area contributed by atoms with Crippen molar-refractivity contribution < 1.29 is 9.47 Å². The molecular weight excluding hydrogens is 248 g/mol. The molecule has 2 aromatic rings. The fourth-order valence-corrected chi connectivity index (χ4v) is 3.01. The highest BCUT2D eigenvalue weighted by Crippen LogP contribution is 2.37. The number of aryl methyl sites for hydroxylation is 1. The van der Waals surface area contributed by atoms with Crippen molar-refractivity contribution >= 4 is 11.3 Å². The van der Waals surface area contributed by atoms with Crippen LogP contribution < -0.4 is 15.2 Å². The van der Waals surface area contributed by atoms with Crippen molar-refractivity contribution in [2.24, 2.45) is 5.73 Å². The van der Waals surface area contributed by atoms with E-state index in [1.54, 1.807) is 11.3 Å². The molecule has 94 valence electrons. The highest BCUT2D eigenvalue weighted by atomic mass is 32.1. The molecule has 2 N–H and O–H groups in total.